The first-order valence-electron chi connectivity index (χ1n) is 4.37. The minimum atomic E-state index is -0.958. The van der Waals surface area contributed by atoms with Gasteiger partial charge >= 0.3 is 0 Å². The van der Waals surface area contributed by atoms with Gasteiger partial charge in [-0.05, 0) is 11.5 Å². The molecular formula is C10H18Si. The van der Waals surface area contributed by atoms with Gasteiger partial charge in [-0.15, -0.1) is 0 Å². The Balaban J connectivity index is 2.74. The second-order valence-electron chi connectivity index (χ2n) is 4.52. The molecule has 0 N–H and O–H groups in total. The van der Waals surface area contributed by atoms with Gasteiger partial charge in [0.15, 0.2) is 0 Å². The number of allylic oxidation sites excluding steroid dienone is 4. The molecule has 0 nitrogen and oxygen atoms in total. The highest BCUT2D eigenvalue weighted by Gasteiger charge is 2.28. The first-order valence-corrected chi connectivity index (χ1v) is 7.94. The standard InChI is InChI=1S/C10H18Si/c1-9-7-5-6-8-10(9)11(2,3)4/h5-10H,1-4H3. The summed E-state index contributed by atoms with van der Waals surface area (Å²) in [6.07, 6.45) is 9.07. The van der Waals surface area contributed by atoms with Crippen molar-refractivity contribution < 1.29 is 0 Å². The van der Waals surface area contributed by atoms with Crippen molar-refractivity contribution in [3.63, 3.8) is 0 Å². The van der Waals surface area contributed by atoms with E-state index in [0.29, 0.717) is 0 Å². The van der Waals surface area contributed by atoms with Gasteiger partial charge in [-0.25, -0.2) is 0 Å². The molecule has 1 aliphatic carbocycles. The monoisotopic (exact) mass is 166 g/mol. The maximum Gasteiger partial charge on any atom is 0.0521 e. The lowest BCUT2D eigenvalue weighted by molar-refractivity contribution is 0.712. The van der Waals surface area contributed by atoms with Crippen molar-refractivity contribution in [3.05, 3.63) is 24.3 Å². The zero-order valence-corrected chi connectivity index (χ0v) is 8.96. The molecule has 2 unspecified atom stereocenters. The van der Waals surface area contributed by atoms with Gasteiger partial charge in [0.2, 0.25) is 0 Å². The summed E-state index contributed by atoms with van der Waals surface area (Å²) in [7, 11) is -0.958. The van der Waals surface area contributed by atoms with E-state index in [4.69, 9.17) is 0 Å². The summed E-state index contributed by atoms with van der Waals surface area (Å²) < 4.78 is 0. The van der Waals surface area contributed by atoms with Gasteiger partial charge in [0.05, 0.1) is 8.07 Å². The molecule has 1 heteroatoms. The smallest absolute Gasteiger partial charge is 0.0521 e. The highest BCUT2D eigenvalue weighted by atomic mass is 28.3. The van der Waals surface area contributed by atoms with Crippen LogP contribution in [0.2, 0.25) is 25.2 Å². The second-order valence-corrected chi connectivity index (χ2v) is 9.92. The highest BCUT2D eigenvalue weighted by Crippen LogP contribution is 2.34. The minimum absolute atomic E-state index is 0.756. The van der Waals surface area contributed by atoms with Gasteiger partial charge in [0.25, 0.3) is 0 Å². The molecule has 0 heterocycles. The quantitative estimate of drug-likeness (QED) is 0.523. The van der Waals surface area contributed by atoms with E-state index in [9.17, 15) is 0 Å². The molecule has 0 aromatic rings. The SMILES string of the molecule is CC1C=CC=CC1[Si](C)(C)C. The molecule has 0 aromatic heterocycles. The Hall–Kier alpha value is -0.303. The Bertz CT molecular complexity index is 184. The van der Waals surface area contributed by atoms with Crippen molar-refractivity contribution in [2.24, 2.45) is 5.92 Å². The fourth-order valence-electron chi connectivity index (χ4n) is 1.80. The largest absolute Gasteiger partial charge is 0.0835 e. The summed E-state index contributed by atoms with van der Waals surface area (Å²) >= 11 is 0. The Morgan fingerprint density at radius 1 is 1.00 bits per heavy atom. The van der Waals surface area contributed by atoms with E-state index in [2.05, 4.69) is 50.9 Å². The van der Waals surface area contributed by atoms with Gasteiger partial charge < -0.3 is 0 Å². The lowest BCUT2D eigenvalue weighted by Gasteiger charge is -2.31. The molecule has 0 spiro atoms. The third-order valence-corrected chi connectivity index (χ3v) is 5.13. The molecule has 1 aliphatic rings. The summed E-state index contributed by atoms with van der Waals surface area (Å²) in [6.45, 7) is 9.65. The molecular weight excluding hydrogens is 148 g/mol. The van der Waals surface area contributed by atoms with Crippen LogP contribution in [0.25, 0.3) is 0 Å². The van der Waals surface area contributed by atoms with Gasteiger partial charge in [-0.3, -0.25) is 0 Å². The summed E-state index contributed by atoms with van der Waals surface area (Å²) in [4.78, 5) is 0. The molecule has 0 amide bonds. The van der Waals surface area contributed by atoms with Crippen LogP contribution < -0.4 is 0 Å². The maximum absolute atomic E-state index is 2.44. The molecule has 0 fully saturated rings. The fourth-order valence-corrected chi connectivity index (χ4v) is 4.17. The van der Waals surface area contributed by atoms with Crippen molar-refractivity contribution in [2.45, 2.75) is 32.1 Å². The third kappa shape index (κ3) is 2.06. The first-order chi connectivity index (χ1) is 5.02. The minimum Gasteiger partial charge on any atom is -0.0835 e. The lowest BCUT2D eigenvalue weighted by atomic mass is 10.0. The van der Waals surface area contributed by atoms with E-state index in [1.807, 2.05) is 0 Å². The molecule has 0 saturated carbocycles. The average molecular weight is 166 g/mol. The fraction of sp³-hybridized carbons (Fsp3) is 0.600. The van der Waals surface area contributed by atoms with Crippen molar-refractivity contribution in [1.82, 2.24) is 0 Å². The van der Waals surface area contributed by atoms with Crippen LogP contribution in [0.3, 0.4) is 0 Å². The summed E-state index contributed by atoms with van der Waals surface area (Å²) in [5.74, 6) is 0.756. The lowest BCUT2D eigenvalue weighted by Crippen LogP contribution is -2.31. The Labute approximate surface area is 71.0 Å². The van der Waals surface area contributed by atoms with Gasteiger partial charge in [0, 0.05) is 0 Å². The number of hydrogen-bond acceptors (Lipinski definition) is 0. The molecule has 0 aliphatic heterocycles. The summed E-state index contributed by atoms with van der Waals surface area (Å²) in [5.41, 5.74) is 0.840. The second kappa shape index (κ2) is 2.98. The van der Waals surface area contributed by atoms with E-state index in [-0.39, 0.29) is 0 Å². The van der Waals surface area contributed by atoms with Crippen LogP contribution in [0.15, 0.2) is 24.3 Å². The van der Waals surface area contributed by atoms with Crippen LogP contribution in [0.4, 0.5) is 0 Å². The summed E-state index contributed by atoms with van der Waals surface area (Å²) in [5, 5.41) is 0. The topological polar surface area (TPSA) is 0 Å². The number of hydrogen-bond donors (Lipinski definition) is 0. The Morgan fingerprint density at radius 2 is 1.55 bits per heavy atom. The van der Waals surface area contributed by atoms with Crippen LogP contribution in [-0.2, 0) is 0 Å². The molecule has 62 valence electrons. The van der Waals surface area contributed by atoms with Crippen LogP contribution in [0, 0.1) is 5.92 Å². The molecule has 2 atom stereocenters. The van der Waals surface area contributed by atoms with Crippen molar-refractivity contribution in [1.29, 1.82) is 0 Å². The zero-order chi connectivity index (χ0) is 8.48. The first kappa shape index (κ1) is 8.79. The Kier molecular flexibility index (Phi) is 2.38. The highest BCUT2D eigenvalue weighted by molar-refractivity contribution is 6.78. The molecule has 0 radical (unpaired) electrons. The van der Waals surface area contributed by atoms with Gasteiger partial charge in [-0.1, -0.05) is 50.9 Å². The van der Waals surface area contributed by atoms with Crippen LogP contribution in [0.1, 0.15) is 6.92 Å². The van der Waals surface area contributed by atoms with Crippen molar-refractivity contribution in [3.8, 4) is 0 Å². The molecule has 0 aromatic carbocycles. The maximum atomic E-state index is 2.44. The molecule has 0 saturated heterocycles. The van der Waals surface area contributed by atoms with E-state index in [1.165, 1.54) is 0 Å². The van der Waals surface area contributed by atoms with Gasteiger partial charge in [0.1, 0.15) is 0 Å². The molecule has 11 heavy (non-hydrogen) atoms. The van der Waals surface area contributed by atoms with E-state index in [1.54, 1.807) is 0 Å². The van der Waals surface area contributed by atoms with Gasteiger partial charge in [-0.2, -0.15) is 0 Å². The average Bonchev–Trinajstić information content (AvgIpc) is 1.86. The predicted molar refractivity (Wildman–Crippen MR) is 54.5 cm³/mol. The number of rotatable bonds is 1. The van der Waals surface area contributed by atoms with E-state index >= 15 is 0 Å². The van der Waals surface area contributed by atoms with E-state index < -0.39 is 8.07 Å². The molecule has 1 rings (SSSR count). The van der Waals surface area contributed by atoms with Crippen molar-refractivity contribution in [2.75, 3.05) is 0 Å². The van der Waals surface area contributed by atoms with Crippen LogP contribution in [-0.4, -0.2) is 8.07 Å². The van der Waals surface area contributed by atoms with Crippen molar-refractivity contribution >= 4 is 8.07 Å². The van der Waals surface area contributed by atoms with Crippen LogP contribution >= 0.6 is 0 Å². The zero-order valence-electron chi connectivity index (χ0n) is 7.96. The summed E-state index contributed by atoms with van der Waals surface area (Å²) in [6, 6.07) is 0. The van der Waals surface area contributed by atoms with E-state index in [0.717, 1.165) is 11.5 Å². The molecule has 0 bridgehead atoms. The van der Waals surface area contributed by atoms with Crippen LogP contribution in [0.5, 0.6) is 0 Å². The normalized spacial score (nSPS) is 30.9. The predicted octanol–water partition coefficient (Wildman–Crippen LogP) is 3.46. The Morgan fingerprint density at radius 3 is 1.91 bits per heavy atom. The third-order valence-electron chi connectivity index (χ3n) is 2.41.